The van der Waals surface area contributed by atoms with Crippen LogP contribution in [0.1, 0.15) is 17.3 Å². The van der Waals surface area contributed by atoms with Crippen LogP contribution in [0.4, 0.5) is 14.5 Å². The summed E-state index contributed by atoms with van der Waals surface area (Å²) in [5, 5.41) is 9.04. The van der Waals surface area contributed by atoms with Gasteiger partial charge in [0.25, 0.3) is 0 Å². The van der Waals surface area contributed by atoms with Gasteiger partial charge in [0.2, 0.25) is 5.43 Å². The highest BCUT2D eigenvalue weighted by atomic mass is 19.1. The molecule has 3 rings (SSSR count). The first-order valence-electron chi connectivity index (χ1n) is 7.53. The normalized spacial score (nSPS) is 20.2. The van der Waals surface area contributed by atoms with Crippen LogP contribution in [0.5, 0.6) is 0 Å². The molecule has 0 unspecified atom stereocenters. The lowest BCUT2D eigenvalue weighted by molar-refractivity contribution is 0.0694. The highest BCUT2D eigenvalue weighted by Crippen LogP contribution is 2.31. The molecule has 8 heteroatoms. The maximum absolute atomic E-state index is 14.5. The predicted molar refractivity (Wildman–Crippen MR) is 85.9 cm³/mol. The maximum atomic E-state index is 14.5. The van der Waals surface area contributed by atoms with Gasteiger partial charge in [0, 0.05) is 30.2 Å². The molecule has 0 radical (unpaired) electrons. The number of rotatable bonds is 4. The minimum Gasteiger partial charge on any atom is -0.477 e. The van der Waals surface area contributed by atoms with Crippen LogP contribution >= 0.6 is 0 Å². The van der Waals surface area contributed by atoms with E-state index in [0.29, 0.717) is 12.1 Å². The highest BCUT2D eigenvalue weighted by molar-refractivity contribution is 5.93. The molecule has 0 bridgehead atoms. The van der Waals surface area contributed by atoms with Crippen molar-refractivity contribution in [2.75, 3.05) is 18.1 Å². The Balaban J connectivity index is 2.25. The second kappa shape index (κ2) is 5.86. The summed E-state index contributed by atoms with van der Waals surface area (Å²) in [4.78, 5) is 25.2. The zero-order valence-corrected chi connectivity index (χ0v) is 13.0. The molecule has 0 spiro atoms. The third-order valence-corrected chi connectivity index (χ3v) is 4.53. The Morgan fingerprint density at radius 1 is 1.46 bits per heavy atom. The molecular formula is C16H17F2N3O3. The molecule has 1 aliphatic rings. The number of carboxylic acids is 1. The molecule has 1 saturated heterocycles. The van der Waals surface area contributed by atoms with Crippen molar-refractivity contribution in [2.45, 2.75) is 25.6 Å². The molecular weight excluding hydrogens is 320 g/mol. The summed E-state index contributed by atoms with van der Waals surface area (Å²) in [6, 6.07) is 2.35. The summed E-state index contributed by atoms with van der Waals surface area (Å²) < 4.78 is 28.6. The fourth-order valence-electron chi connectivity index (χ4n) is 3.00. The number of aromatic carboxylic acids is 1. The van der Waals surface area contributed by atoms with Gasteiger partial charge in [-0.05, 0) is 19.1 Å². The topological polar surface area (TPSA) is 88.6 Å². The fraction of sp³-hybridized carbons (Fsp3) is 0.375. The van der Waals surface area contributed by atoms with Crippen LogP contribution in [0.2, 0.25) is 0 Å². The van der Waals surface area contributed by atoms with Crippen molar-refractivity contribution in [3.05, 3.63) is 39.9 Å². The monoisotopic (exact) mass is 337 g/mol. The lowest BCUT2D eigenvalue weighted by atomic mass is 9.97. The van der Waals surface area contributed by atoms with E-state index in [-0.39, 0.29) is 29.7 Å². The number of hydrogen-bond donors (Lipinski definition) is 2. The largest absolute Gasteiger partial charge is 0.477 e. The van der Waals surface area contributed by atoms with E-state index in [1.54, 1.807) is 4.90 Å². The molecule has 2 atom stereocenters. The summed E-state index contributed by atoms with van der Waals surface area (Å²) in [6.45, 7) is 1.47. The minimum atomic E-state index is -1.43. The lowest BCUT2D eigenvalue weighted by Crippen LogP contribution is -2.63. The second-order valence-electron chi connectivity index (χ2n) is 5.94. The van der Waals surface area contributed by atoms with Gasteiger partial charge in [-0.3, -0.25) is 4.79 Å². The van der Waals surface area contributed by atoms with Crippen molar-refractivity contribution in [2.24, 2.45) is 5.73 Å². The Morgan fingerprint density at radius 3 is 2.71 bits per heavy atom. The van der Waals surface area contributed by atoms with E-state index in [4.69, 9.17) is 10.8 Å². The molecule has 0 saturated carbocycles. The molecule has 128 valence electrons. The Morgan fingerprint density at radius 2 is 2.17 bits per heavy atom. The number of alkyl halides is 1. The van der Waals surface area contributed by atoms with E-state index in [0.717, 1.165) is 12.3 Å². The summed E-state index contributed by atoms with van der Waals surface area (Å²) in [5.41, 5.74) is 5.10. The van der Waals surface area contributed by atoms with E-state index in [9.17, 15) is 18.4 Å². The number of benzene rings is 1. The molecule has 6 nitrogen and oxygen atoms in total. The Labute approximate surface area is 136 Å². The van der Waals surface area contributed by atoms with E-state index < -0.39 is 29.5 Å². The molecule has 1 aliphatic heterocycles. The number of aryl methyl sites for hydroxylation is 1. The summed E-state index contributed by atoms with van der Waals surface area (Å²) >= 11 is 0. The Hall–Kier alpha value is -2.48. The van der Waals surface area contributed by atoms with Crippen LogP contribution in [-0.2, 0) is 6.54 Å². The first-order valence-corrected chi connectivity index (χ1v) is 7.53. The predicted octanol–water partition coefficient (Wildman–Crippen LogP) is 1.34. The molecule has 3 N–H and O–H groups in total. The molecule has 1 aromatic heterocycles. The molecule has 2 aromatic rings. The van der Waals surface area contributed by atoms with E-state index in [1.807, 2.05) is 6.92 Å². The lowest BCUT2D eigenvalue weighted by Gasteiger charge is -2.46. The van der Waals surface area contributed by atoms with Crippen molar-refractivity contribution < 1.29 is 18.7 Å². The zero-order valence-electron chi connectivity index (χ0n) is 13.0. The number of carboxylic acid groups (broad SMARTS) is 1. The third kappa shape index (κ3) is 2.43. The number of aromatic nitrogens is 1. The molecule has 1 fully saturated rings. The molecule has 2 heterocycles. The number of halogens is 2. The van der Waals surface area contributed by atoms with Crippen LogP contribution in [0.25, 0.3) is 10.9 Å². The van der Waals surface area contributed by atoms with Crippen molar-refractivity contribution in [3.63, 3.8) is 0 Å². The quantitative estimate of drug-likeness (QED) is 0.879. The SMILES string of the molecule is C[C@@H]1[C@@H](N)CN1c1cc2c(cc1F)c(=O)c(C(=O)O)cn2CCF. The maximum Gasteiger partial charge on any atom is 0.341 e. The number of nitrogens with two attached hydrogens (primary N) is 1. The average Bonchev–Trinajstić information content (AvgIpc) is 2.54. The summed E-state index contributed by atoms with van der Waals surface area (Å²) in [6.07, 6.45) is 1.10. The smallest absolute Gasteiger partial charge is 0.341 e. The molecule has 0 aliphatic carbocycles. The van der Waals surface area contributed by atoms with Crippen LogP contribution in [0.15, 0.2) is 23.1 Å². The van der Waals surface area contributed by atoms with E-state index in [2.05, 4.69) is 0 Å². The number of nitrogens with zero attached hydrogens (tertiary/aromatic N) is 2. The van der Waals surface area contributed by atoms with Gasteiger partial charge in [-0.2, -0.15) is 0 Å². The number of anilines is 1. The van der Waals surface area contributed by atoms with Crippen LogP contribution in [0, 0.1) is 5.82 Å². The standard InChI is InChI=1S/C16H17F2N3O3/c1-8-12(19)7-21(8)14-5-13-9(4-11(14)18)15(22)10(16(23)24)6-20(13)3-2-17/h4-6,8,12H,2-3,7,19H2,1H3,(H,23,24)/t8-,12+/m1/s1. The molecule has 24 heavy (non-hydrogen) atoms. The van der Waals surface area contributed by atoms with Crippen LogP contribution in [-0.4, -0.2) is 40.9 Å². The average molecular weight is 337 g/mol. The van der Waals surface area contributed by atoms with Crippen molar-refractivity contribution in [1.82, 2.24) is 4.57 Å². The van der Waals surface area contributed by atoms with E-state index >= 15 is 0 Å². The first kappa shape index (κ1) is 16.4. The van der Waals surface area contributed by atoms with Crippen LogP contribution in [0.3, 0.4) is 0 Å². The highest BCUT2D eigenvalue weighted by Gasteiger charge is 2.34. The third-order valence-electron chi connectivity index (χ3n) is 4.53. The first-order chi connectivity index (χ1) is 11.3. The van der Waals surface area contributed by atoms with Gasteiger partial charge in [-0.25, -0.2) is 13.6 Å². The van der Waals surface area contributed by atoms with Gasteiger partial charge in [-0.1, -0.05) is 0 Å². The second-order valence-corrected chi connectivity index (χ2v) is 5.94. The van der Waals surface area contributed by atoms with Gasteiger partial charge in [0.1, 0.15) is 18.1 Å². The van der Waals surface area contributed by atoms with Crippen molar-refractivity contribution in [1.29, 1.82) is 0 Å². The van der Waals surface area contributed by atoms with Gasteiger partial charge in [-0.15, -0.1) is 0 Å². The van der Waals surface area contributed by atoms with Gasteiger partial charge >= 0.3 is 5.97 Å². The van der Waals surface area contributed by atoms with Crippen molar-refractivity contribution >= 4 is 22.6 Å². The van der Waals surface area contributed by atoms with Gasteiger partial charge in [0.05, 0.1) is 17.7 Å². The molecule has 0 amide bonds. The minimum absolute atomic E-state index is 0.0587. The van der Waals surface area contributed by atoms with Crippen LogP contribution < -0.4 is 16.1 Å². The van der Waals surface area contributed by atoms with E-state index in [1.165, 1.54) is 10.6 Å². The summed E-state index contributed by atoms with van der Waals surface area (Å²) in [5.74, 6) is -2.06. The van der Waals surface area contributed by atoms with Gasteiger partial charge in [0.15, 0.2) is 0 Å². The number of carbonyl (C=O) groups is 1. The number of fused-ring (bicyclic) bond motifs is 1. The summed E-state index contributed by atoms with van der Waals surface area (Å²) in [7, 11) is 0. The zero-order chi connectivity index (χ0) is 17.6. The number of pyridine rings is 1. The fourth-order valence-corrected chi connectivity index (χ4v) is 3.00. The Bertz CT molecular complexity index is 881. The molecule has 1 aromatic carbocycles. The Kier molecular flexibility index (Phi) is 4.00. The number of hydrogen-bond acceptors (Lipinski definition) is 4. The van der Waals surface area contributed by atoms with Crippen molar-refractivity contribution in [3.8, 4) is 0 Å². The van der Waals surface area contributed by atoms with Gasteiger partial charge < -0.3 is 20.3 Å².